The van der Waals surface area contributed by atoms with Crippen LogP contribution in [0.2, 0.25) is 5.02 Å². The molecule has 8 heteroatoms. The molecule has 0 spiro atoms. The van der Waals surface area contributed by atoms with Crippen molar-refractivity contribution < 1.29 is 9.72 Å². The van der Waals surface area contributed by atoms with E-state index in [1.54, 1.807) is 37.3 Å². The second kappa shape index (κ2) is 6.74. The van der Waals surface area contributed by atoms with E-state index in [1.807, 2.05) is 0 Å². The van der Waals surface area contributed by atoms with E-state index in [4.69, 9.17) is 11.6 Å². The van der Waals surface area contributed by atoms with E-state index in [9.17, 15) is 14.9 Å². The Kier molecular flexibility index (Phi) is 4.49. The summed E-state index contributed by atoms with van der Waals surface area (Å²) in [6.07, 6.45) is 1.50. The Morgan fingerprint density at radius 3 is 2.68 bits per heavy atom. The molecule has 2 N–H and O–H groups in total. The quantitative estimate of drug-likeness (QED) is 0.422. The molecule has 0 saturated carbocycles. The third-order valence-corrected chi connectivity index (χ3v) is 3.98. The van der Waals surface area contributed by atoms with Gasteiger partial charge < -0.3 is 4.98 Å². The SMILES string of the molecule is Cc1c(C(=O)NN=Cc2ccc(Cl)cc2)[nH]c2ccc([N+](=O)[O-])cc12. The number of benzene rings is 2. The van der Waals surface area contributed by atoms with Gasteiger partial charge in [-0.15, -0.1) is 0 Å². The van der Waals surface area contributed by atoms with Crippen LogP contribution < -0.4 is 5.43 Å². The molecular formula is C17H13ClN4O3. The van der Waals surface area contributed by atoms with Gasteiger partial charge in [-0.1, -0.05) is 23.7 Å². The van der Waals surface area contributed by atoms with Crippen molar-refractivity contribution in [2.45, 2.75) is 6.92 Å². The number of hydrogen-bond donors (Lipinski definition) is 2. The molecule has 0 atom stereocenters. The third kappa shape index (κ3) is 3.51. The molecule has 0 aliphatic rings. The first-order valence-corrected chi connectivity index (χ1v) is 7.69. The molecule has 0 bridgehead atoms. The van der Waals surface area contributed by atoms with Crippen LogP contribution in [-0.2, 0) is 0 Å². The van der Waals surface area contributed by atoms with Crippen molar-refractivity contribution in [1.82, 2.24) is 10.4 Å². The average molecular weight is 357 g/mol. The standard InChI is InChI=1S/C17H13ClN4O3/c1-10-14-8-13(22(24)25)6-7-15(14)20-16(10)17(23)21-19-9-11-2-4-12(18)5-3-11/h2-9,20H,1H3,(H,21,23). The number of aromatic amines is 1. The van der Waals surface area contributed by atoms with Crippen LogP contribution in [0.1, 0.15) is 21.6 Å². The van der Waals surface area contributed by atoms with Crippen molar-refractivity contribution in [3.05, 3.63) is 74.4 Å². The lowest BCUT2D eigenvalue weighted by atomic mass is 10.1. The van der Waals surface area contributed by atoms with E-state index in [1.165, 1.54) is 18.3 Å². The zero-order valence-corrected chi connectivity index (χ0v) is 13.9. The number of nitrogens with zero attached hydrogens (tertiary/aromatic N) is 2. The minimum Gasteiger partial charge on any atom is -0.350 e. The first-order chi connectivity index (χ1) is 12.0. The fraction of sp³-hybridized carbons (Fsp3) is 0.0588. The van der Waals surface area contributed by atoms with Crippen LogP contribution >= 0.6 is 11.6 Å². The van der Waals surface area contributed by atoms with Crippen molar-refractivity contribution in [1.29, 1.82) is 0 Å². The van der Waals surface area contributed by atoms with Gasteiger partial charge in [0.2, 0.25) is 0 Å². The van der Waals surface area contributed by atoms with Gasteiger partial charge in [-0.05, 0) is 36.2 Å². The monoisotopic (exact) mass is 356 g/mol. The van der Waals surface area contributed by atoms with E-state index in [0.717, 1.165) is 5.56 Å². The van der Waals surface area contributed by atoms with Crippen LogP contribution in [0.15, 0.2) is 47.6 Å². The molecule has 0 unspecified atom stereocenters. The number of amides is 1. The van der Waals surface area contributed by atoms with Crippen LogP contribution in [0.25, 0.3) is 10.9 Å². The molecule has 1 heterocycles. The van der Waals surface area contributed by atoms with Crippen molar-refractivity contribution in [2.24, 2.45) is 5.10 Å². The lowest BCUT2D eigenvalue weighted by Crippen LogP contribution is -2.18. The molecule has 3 rings (SSSR count). The summed E-state index contributed by atoms with van der Waals surface area (Å²) < 4.78 is 0. The molecule has 0 radical (unpaired) electrons. The number of H-pyrrole nitrogens is 1. The van der Waals surface area contributed by atoms with Gasteiger partial charge >= 0.3 is 0 Å². The molecular weight excluding hydrogens is 344 g/mol. The minimum absolute atomic E-state index is 0.0256. The highest BCUT2D eigenvalue weighted by molar-refractivity contribution is 6.30. The smallest absolute Gasteiger partial charge is 0.288 e. The molecule has 0 aliphatic heterocycles. The van der Waals surface area contributed by atoms with Crippen LogP contribution in [0, 0.1) is 17.0 Å². The predicted octanol–water partition coefficient (Wildman–Crippen LogP) is 3.80. The summed E-state index contributed by atoms with van der Waals surface area (Å²) in [6.45, 7) is 1.72. The third-order valence-electron chi connectivity index (χ3n) is 3.73. The lowest BCUT2D eigenvalue weighted by molar-refractivity contribution is -0.384. The second-order valence-corrected chi connectivity index (χ2v) is 5.80. The number of fused-ring (bicyclic) bond motifs is 1. The molecule has 1 aromatic heterocycles. The second-order valence-electron chi connectivity index (χ2n) is 5.36. The largest absolute Gasteiger partial charge is 0.350 e. The van der Waals surface area contributed by atoms with Gasteiger partial charge in [0.05, 0.1) is 11.1 Å². The highest BCUT2D eigenvalue weighted by atomic mass is 35.5. The molecule has 126 valence electrons. The number of hydrazone groups is 1. The Balaban J connectivity index is 1.81. The molecule has 1 amide bonds. The number of non-ortho nitro benzene ring substituents is 1. The zero-order valence-electron chi connectivity index (χ0n) is 13.1. The van der Waals surface area contributed by atoms with E-state index < -0.39 is 10.8 Å². The Labute approximate surface area is 147 Å². The summed E-state index contributed by atoms with van der Waals surface area (Å²) in [5.74, 6) is -0.429. The lowest BCUT2D eigenvalue weighted by Gasteiger charge is -1.99. The van der Waals surface area contributed by atoms with Crippen molar-refractivity contribution in [3.8, 4) is 0 Å². The molecule has 0 saturated heterocycles. The van der Waals surface area contributed by atoms with Gasteiger partial charge in [0.15, 0.2) is 0 Å². The summed E-state index contributed by atoms with van der Waals surface area (Å²) in [5, 5.41) is 16.0. The number of halogens is 1. The first kappa shape index (κ1) is 16.7. The van der Waals surface area contributed by atoms with Crippen LogP contribution in [-0.4, -0.2) is 22.0 Å². The predicted molar refractivity (Wildman–Crippen MR) is 96.2 cm³/mol. The van der Waals surface area contributed by atoms with Gasteiger partial charge in [-0.3, -0.25) is 14.9 Å². The number of carbonyl (C=O) groups excluding carboxylic acids is 1. The topological polar surface area (TPSA) is 100 Å². The summed E-state index contributed by atoms with van der Waals surface area (Å²) in [6, 6.07) is 11.4. The minimum atomic E-state index is -0.470. The number of carbonyl (C=O) groups is 1. The van der Waals surface area contributed by atoms with Gasteiger partial charge in [0.25, 0.3) is 11.6 Å². The van der Waals surface area contributed by atoms with Crippen molar-refractivity contribution in [2.75, 3.05) is 0 Å². The van der Waals surface area contributed by atoms with Gasteiger partial charge in [0.1, 0.15) is 5.69 Å². The summed E-state index contributed by atoms with van der Waals surface area (Å²) in [7, 11) is 0. The van der Waals surface area contributed by atoms with E-state index in [-0.39, 0.29) is 5.69 Å². The van der Waals surface area contributed by atoms with Gasteiger partial charge in [-0.2, -0.15) is 5.10 Å². The van der Waals surface area contributed by atoms with Crippen LogP contribution in [0.4, 0.5) is 5.69 Å². The average Bonchev–Trinajstić information content (AvgIpc) is 2.93. The number of aryl methyl sites for hydroxylation is 1. The van der Waals surface area contributed by atoms with Crippen LogP contribution in [0.5, 0.6) is 0 Å². The van der Waals surface area contributed by atoms with E-state index >= 15 is 0 Å². The highest BCUT2D eigenvalue weighted by Gasteiger charge is 2.16. The molecule has 25 heavy (non-hydrogen) atoms. The first-order valence-electron chi connectivity index (χ1n) is 7.31. The summed E-state index contributed by atoms with van der Waals surface area (Å²) in [4.78, 5) is 25.7. The molecule has 3 aromatic rings. The molecule has 0 aliphatic carbocycles. The Bertz CT molecular complexity index is 993. The Morgan fingerprint density at radius 2 is 2.00 bits per heavy atom. The summed E-state index contributed by atoms with van der Waals surface area (Å²) in [5.41, 5.74) is 4.77. The number of nitrogens with one attached hydrogen (secondary N) is 2. The molecule has 7 nitrogen and oxygen atoms in total. The molecule has 0 fully saturated rings. The maximum absolute atomic E-state index is 12.3. The number of rotatable bonds is 4. The summed E-state index contributed by atoms with van der Waals surface area (Å²) >= 11 is 5.80. The molecule has 2 aromatic carbocycles. The van der Waals surface area contributed by atoms with E-state index in [2.05, 4.69) is 15.5 Å². The fourth-order valence-electron chi connectivity index (χ4n) is 2.43. The fourth-order valence-corrected chi connectivity index (χ4v) is 2.55. The number of nitro benzene ring substituents is 1. The number of nitro groups is 1. The Morgan fingerprint density at radius 1 is 1.28 bits per heavy atom. The van der Waals surface area contributed by atoms with Gasteiger partial charge in [0, 0.05) is 28.1 Å². The van der Waals surface area contributed by atoms with Crippen LogP contribution in [0.3, 0.4) is 0 Å². The number of hydrogen-bond acceptors (Lipinski definition) is 4. The van der Waals surface area contributed by atoms with Crippen molar-refractivity contribution in [3.63, 3.8) is 0 Å². The van der Waals surface area contributed by atoms with Gasteiger partial charge in [-0.25, -0.2) is 5.43 Å². The van der Waals surface area contributed by atoms with Crippen molar-refractivity contribution >= 4 is 40.3 Å². The highest BCUT2D eigenvalue weighted by Crippen LogP contribution is 2.25. The van der Waals surface area contributed by atoms with E-state index in [0.29, 0.717) is 27.2 Å². The maximum Gasteiger partial charge on any atom is 0.288 e. The maximum atomic E-state index is 12.3. The Hall–Kier alpha value is -3.19. The number of aromatic nitrogens is 1. The normalized spacial score (nSPS) is 11.1. The zero-order chi connectivity index (χ0) is 18.0.